The molecule has 1 aromatic rings. The van der Waals surface area contributed by atoms with Crippen LogP contribution in [-0.2, 0) is 4.79 Å². The van der Waals surface area contributed by atoms with Crippen LogP contribution in [0.4, 0.5) is 0 Å². The minimum atomic E-state index is -0.126. The van der Waals surface area contributed by atoms with Crippen LogP contribution < -0.4 is 10.6 Å². The van der Waals surface area contributed by atoms with Crippen molar-refractivity contribution in [2.45, 2.75) is 32.2 Å². The molecule has 6 heteroatoms. The number of benzene rings is 1. The molecule has 1 aromatic carbocycles. The van der Waals surface area contributed by atoms with Gasteiger partial charge in [-0.25, -0.2) is 0 Å². The summed E-state index contributed by atoms with van der Waals surface area (Å²) >= 11 is 5.89. The first kappa shape index (κ1) is 18.2. The van der Waals surface area contributed by atoms with Crippen molar-refractivity contribution in [3.8, 4) is 0 Å². The van der Waals surface area contributed by atoms with Gasteiger partial charge >= 0.3 is 0 Å². The Hall–Kier alpha value is -1.59. The number of halogens is 1. The maximum Gasteiger partial charge on any atom is 0.253 e. The van der Waals surface area contributed by atoms with Gasteiger partial charge in [0.2, 0.25) is 5.91 Å². The molecule has 3 atom stereocenters. The van der Waals surface area contributed by atoms with Crippen LogP contribution in [0.5, 0.6) is 0 Å². The molecule has 0 saturated carbocycles. The van der Waals surface area contributed by atoms with Gasteiger partial charge in [0, 0.05) is 36.3 Å². The van der Waals surface area contributed by atoms with Crippen LogP contribution in [0.15, 0.2) is 24.3 Å². The Morgan fingerprint density at radius 1 is 1.24 bits per heavy atom. The van der Waals surface area contributed by atoms with Gasteiger partial charge in [-0.05, 0) is 56.0 Å². The maximum atomic E-state index is 12.7. The van der Waals surface area contributed by atoms with Gasteiger partial charge in [0.05, 0.1) is 5.92 Å². The molecule has 3 rings (SSSR count). The second-order valence-electron chi connectivity index (χ2n) is 7.18. The fourth-order valence-electron chi connectivity index (χ4n) is 3.63. The number of nitrogens with zero attached hydrogens (tertiary/aromatic N) is 1. The quantitative estimate of drug-likeness (QED) is 0.866. The van der Waals surface area contributed by atoms with Gasteiger partial charge in [0.25, 0.3) is 5.91 Å². The first-order valence-corrected chi connectivity index (χ1v) is 9.48. The molecule has 0 spiro atoms. The number of nitrogens with one attached hydrogen (secondary N) is 2. The SMILES string of the molecule is CC1CCNCC1NC(=O)C1CCCN(C(=O)c2ccc(Cl)cc2)C1. The number of carbonyl (C=O) groups excluding carboxylic acids is 2. The summed E-state index contributed by atoms with van der Waals surface area (Å²) in [4.78, 5) is 27.1. The Morgan fingerprint density at radius 2 is 2.00 bits per heavy atom. The number of hydrogen-bond acceptors (Lipinski definition) is 3. The zero-order valence-electron chi connectivity index (χ0n) is 14.6. The zero-order chi connectivity index (χ0) is 17.8. The Kier molecular flexibility index (Phi) is 5.97. The van der Waals surface area contributed by atoms with Gasteiger partial charge in [-0.1, -0.05) is 18.5 Å². The third-order valence-electron chi connectivity index (χ3n) is 5.33. The molecular weight excluding hydrogens is 338 g/mol. The van der Waals surface area contributed by atoms with Crippen molar-refractivity contribution in [1.29, 1.82) is 0 Å². The normalized spacial score (nSPS) is 27.0. The van der Waals surface area contributed by atoms with E-state index < -0.39 is 0 Å². The van der Waals surface area contributed by atoms with Crippen LogP contribution in [0.3, 0.4) is 0 Å². The molecule has 0 radical (unpaired) electrons. The molecule has 2 heterocycles. The molecule has 25 heavy (non-hydrogen) atoms. The Labute approximate surface area is 154 Å². The second kappa shape index (κ2) is 8.19. The molecule has 2 saturated heterocycles. The average molecular weight is 364 g/mol. The Balaban J connectivity index is 1.59. The highest BCUT2D eigenvalue weighted by atomic mass is 35.5. The fraction of sp³-hybridized carbons (Fsp3) is 0.579. The molecule has 0 bridgehead atoms. The predicted octanol–water partition coefficient (Wildman–Crippen LogP) is 2.31. The molecule has 2 amide bonds. The lowest BCUT2D eigenvalue weighted by atomic mass is 9.92. The molecular formula is C19H26ClN3O2. The summed E-state index contributed by atoms with van der Waals surface area (Å²) in [5, 5.41) is 7.14. The second-order valence-corrected chi connectivity index (χ2v) is 7.62. The van der Waals surface area contributed by atoms with E-state index in [0.717, 1.165) is 32.4 Å². The molecule has 2 aliphatic rings. The van der Waals surface area contributed by atoms with Crippen molar-refractivity contribution >= 4 is 23.4 Å². The van der Waals surface area contributed by atoms with Gasteiger partial charge in [-0.3, -0.25) is 9.59 Å². The smallest absolute Gasteiger partial charge is 0.253 e. The summed E-state index contributed by atoms with van der Waals surface area (Å²) in [5.41, 5.74) is 0.621. The number of amides is 2. The summed E-state index contributed by atoms with van der Waals surface area (Å²) in [5.74, 6) is 0.413. The average Bonchev–Trinajstić information content (AvgIpc) is 2.64. The lowest BCUT2D eigenvalue weighted by Gasteiger charge is -2.35. The number of hydrogen-bond donors (Lipinski definition) is 2. The first-order valence-electron chi connectivity index (χ1n) is 9.10. The van der Waals surface area contributed by atoms with Crippen LogP contribution >= 0.6 is 11.6 Å². The first-order chi connectivity index (χ1) is 12.0. The highest BCUT2D eigenvalue weighted by Gasteiger charge is 2.31. The standard InChI is InChI=1S/C19H26ClN3O2/c1-13-8-9-21-11-17(13)22-18(24)15-3-2-10-23(12-15)19(25)14-4-6-16(20)7-5-14/h4-7,13,15,17,21H,2-3,8-12H2,1H3,(H,22,24). The summed E-state index contributed by atoms with van der Waals surface area (Å²) < 4.78 is 0. The van der Waals surface area contributed by atoms with Gasteiger partial charge < -0.3 is 15.5 Å². The van der Waals surface area contributed by atoms with E-state index in [1.165, 1.54) is 0 Å². The summed E-state index contributed by atoms with van der Waals surface area (Å²) in [7, 11) is 0. The fourth-order valence-corrected chi connectivity index (χ4v) is 3.76. The van der Waals surface area contributed by atoms with Crippen molar-refractivity contribution in [2.24, 2.45) is 11.8 Å². The monoisotopic (exact) mass is 363 g/mol. The Bertz CT molecular complexity index is 620. The number of rotatable bonds is 3. The zero-order valence-corrected chi connectivity index (χ0v) is 15.4. The third-order valence-corrected chi connectivity index (χ3v) is 5.58. The molecule has 2 aliphatic heterocycles. The largest absolute Gasteiger partial charge is 0.352 e. The number of likely N-dealkylation sites (tertiary alicyclic amines) is 1. The van der Waals surface area contributed by atoms with Crippen molar-refractivity contribution in [1.82, 2.24) is 15.5 Å². The van der Waals surface area contributed by atoms with Crippen LogP contribution in [0.1, 0.15) is 36.5 Å². The van der Waals surface area contributed by atoms with E-state index in [1.54, 1.807) is 29.2 Å². The molecule has 0 aliphatic carbocycles. The molecule has 136 valence electrons. The minimum absolute atomic E-state index is 0.0260. The number of piperidine rings is 2. The number of carbonyl (C=O) groups is 2. The lowest BCUT2D eigenvalue weighted by Crippen LogP contribution is -2.53. The molecule has 5 nitrogen and oxygen atoms in total. The topological polar surface area (TPSA) is 61.4 Å². The van der Waals surface area contributed by atoms with Crippen molar-refractivity contribution in [2.75, 3.05) is 26.2 Å². The van der Waals surface area contributed by atoms with Crippen molar-refractivity contribution in [3.05, 3.63) is 34.9 Å². The third kappa shape index (κ3) is 4.53. The van der Waals surface area contributed by atoms with E-state index in [9.17, 15) is 9.59 Å². The lowest BCUT2D eigenvalue weighted by molar-refractivity contribution is -0.127. The summed E-state index contributed by atoms with van der Waals surface area (Å²) in [6.45, 7) is 5.21. The van der Waals surface area contributed by atoms with E-state index in [2.05, 4.69) is 17.6 Å². The highest BCUT2D eigenvalue weighted by molar-refractivity contribution is 6.30. The molecule has 2 N–H and O–H groups in total. The van der Waals surface area contributed by atoms with Gasteiger partial charge in [0.1, 0.15) is 0 Å². The van der Waals surface area contributed by atoms with Crippen LogP contribution in [-0.4, -0.2) is 48.9 Å². The molecule has 2 fully saturated rings. The van der Waals surface area contributed by atoms with E-state index in [1.807, 2.05) is 0 Å². The van der Waals surface area contributed by atoms with Gasteiger partial charge in [-0.15, -0.1) is 0 Å². The van der Waals surface area contributed by atoms with E-state index in [0.29, 0.717) is 29.6 Å². The van der Waals surface area contributed by atoms with Crippen LogP contribution in [0.25, 0.3) is 0 Å². The van der Waals surface area contributed by atoms with Gasteiger partial charge in [-0.2, -0.15) is 0 Å². The van der Waals surface area contributed by atoms with Crippen LogP contribution in [0.2, 0.25) is 5.02 Å². The Morgan fingerprint density at radius 3 is 2.72 bits per heavy atom. The predicted molar refractivity (Wildman–Crippen MR) is 98.7 cm³/mol. The molecule has 3 unspecified atom stereocenters. The van der Waals surface area contributed by atoms with Crippen molar-refractivity contribution < 1.29 is 9.59 Å². The maximum absolute atomic E-state index is 12.7. The van der Waals surface area contributed by atoms with Crippen molar-refractivity contribution in [3.63, 3.8) is 0 Å². The van der Waals surface area contributed by atoms with Gasteiger partial charge in [0.15, 0.2) is 0 Å². The van der Waals surface area contributed by atoms with E-state index >= 15 is 0 Å². The summed E-state index contributed by atoms with van der Waals surface area (Å²) in [6.07, 6.45) is 2.78. The van der Waals surface area contributed by atoms with Crippen LogP contribution in [0, 0.1) is 11.8 Å². The molecule has 0 aromatic heterocycles. The van der Waals surface area contributed by atoms with E-state index in [-0.39, 0.29) is 23.8 Å². The van der Waals surface area contributed by atoms with E-state index in [4.69, 9.17) is 11.6 Å². The minimum Gasteiger partial charge on any atom is -0.352 e. The highest BCUT2D eigenvalue weighted by Crippen LogP contribution is 2.21. The summed E-state index contributed by atoms with van der Waals surface area (Å²) in [6, 6.07) is 7.11.